The van der Waals surface area contributed by atoms with E-state index in [1.807, 2.05) is 19.1 Å². The van der Waals surface area contributed by atoms with E-state index in [0.29, 0.717) is 17.6 Å². The van der Waals surface area contributed by atoms with Crippen molar-refractivity contribution in [2.75, 3.05) is 5.32 Å². The van der Waals surface area contributed by atoms with Crippen LogP contribution in [0.3, 0.4) is 0 Å². The average Bonchev–Trinajstić information content (AvgIpc) is 2.75. The Hall–Kier alpha value is -3.48. The van der Waals surface area contributed by atoms with E-state index in [-0.39, 0.29) is 40.3 Å². The van der Waals surface area contributed by atoms with Crippen molar-refractivity contribution in [3.05, 3.63) is 58.4 Å². The third kappa shape index (κ3) is 2.25. The molecule has 1 unspecified atom stereocenters. The van der Waals surface area contributed by atoms with Gasteiger partial charge in [-0.1, -0.05) is 50.6 Å². The molecule has 3 atom stereocenters. The van der Waals surface area contributed by atoms with E-state index in [2.05, 4.69) is 25.7 Å². The third-order valence-electron chi connectivity index (χ3n) is 7.43. The summed E-state index contributed by atoms with van der Waals surface area (Å²) in [4.78, 5) is 28.9. The van der Waals surface area contributed by atoms with Gasteiger partial charge in [-0.25, -0.2) is 19.0 Å². The van der Waals surface area contributed by atoms with Crippen molar-refractivity contribution in [3.8, 4) is 0 Å². The van der Waals surface area contributed by atoms with Crippen molar-refractivity contribution in [1.82, 2.24) is 4.98 Å². The molecule has 3 aromatic rings. The maximum Gasteiger partial charge on any atom is 0.339 e. The number of aryl methyl sites for hydroxylation is 1. The van der Waals surface area contributed by atoms with E-state index in [0.717, 1.165) is 16.5 Å². The van der Waals surface area contributed by atoms with E-state index in [4.69, 9.17) is 4.98 Å². The fraction of sp³-hybridized carbons (Fsp3) is 0.320. The summed E-state index contributed by atoms with van der Waals surface area (Å²) < 4.78 is 15.4. The zero-order chi connectivity index (χ0) is 23.1. The second-order valence-electron chi connectivity index (χ2n) is 8.95. The van der Waals surface area contributed by atoms with Gasteiger partial charge in [0.1, 0.15) is 16.9 Å². The van der Waals surface area contributed by atoms with E-state index in [1.165, 1.54) is 0 Å². The molecule has 2 aliphatic rings. The minimum Gasteiger partial charge on any atom is -0.478 e. The molecule has 2 heterocycles. The molecule has 1 aliphatic carbocycles. The fourth-order valence-corrected chi connectivity index (χ4v) is 5.81. The lowest BCUT2D eigenvalue weighted by atomic mass is 9.51. The topological polar surface area (TPSA) is 99.5 Å². The van der Waals surface area contributed by atoms with Crippen LogP contribution in [0.2, 0.25) is 0 Å². The number of aromatic nitrogens is 1. The van der Waals surface area contributed by atoms with Crippen molar-refractivity contribution in [1.29, 1.82) is 0 Å². The van der Waals surface area contributed by atoms with Gasteiger partial charge in [-0.05, 0) is 35.8 Å². The van der Waals surface area contributed by atoms with Crippen molar-refractivity contribution in [2.45, 2.75) is 45.1 Å². The van der Waals surface area contributed by atoms with Crippen LogP contribution in [0.4, 0.5) is 10.2 Å². The number of benzene rings is 2. The first-order valence-corrected chi connectivity index (χ1v) is 10.7. The Morgan fingerprint density at radius 1 is 1.22 bits per heavy atom. The second-order valence-corrected chi connectivity index (χ2v) is 8.95. The van der Waals surface area contributed by atoms with Crippen LogP contribution in [0.1, 0.15) is 59.0 Å². The van der Waals surface area contributed by atoms with Crippen LogP contribution in [-0.4, -0.2) is 33.2 Å². The highest BCUT2D eigenvalue weighted by atomic mass is 19.1. The summed E-state index contributed by atoms with van der Waals surface area (Å²) in [5, 5.41) is 24.6. The van der Waals surface area contributed by atoms with Gasteiger partial charge >= 0.3 is 11.9 Å². The number of aromatic carboxylic acids is 2. The minimum absolute atomic E-state index is 0.0611. The first-order chi connectivity index (χ1) is 15.1. The lowest BCUT2D eigenvalue weighted by molar-refractivity contribution is 0.0688. The Morgan fingerprint density at radius 3 is 2.53 bits per heavy atom. The Morgan fingerprint density at radius 2 is 1.91 bits per heavy atom. The molecule has 6 nitrogen and oxygen atoms in total. The number of halogens is 1. The number of anilines is 1. The Labute approximate surface area is 183 Å². The monoisotopic (exact) mass is 434 g/mol. The number of fused-ring (bicyclic) bond motifs is 4. The van der Waals surface area contributed by atoms with E-state index < -0.39 is 28.9 Å². The Balaban J connectivity index is 2.02. The molecule has 2 aromatic carbocycles. The van der Waals surface area contributed by atoms with Crippen LogP contribution in [0.5, 0.6) is 0 Å². The highest BCUT2D eigenvalue weighted by Crippen LogP contribution is 2.58. The van der Waals surface area contributed by atoms with E-state index in [1.54, 1.807) is 6.07 Å². The van der Waals surface area contributed by atoms with Crippen molar-refractivity contribution in [3.63, 3.8) is 0 Å². The number of hydrogen-bond donors (Lipinski definition) is 3. The number of carbonyl (C=O) groups is 2. The molecule has 0 radical (unpaired) electrons. The normalized spacial score (nSPS) is 23.6. The van der Waals surface area contributed by atoms with Gasteiger partial charge in [0.2, 0.25) is 0 Å². The predicted octanol–water partition coefficient (Wildman–Crippen LogP) is 5.13. The molecule has 1 saturated carbocycles. The van der Waals surface area contributed by atoms with Gasteiger partial charge in [0.25, 0.3) is 0 Å². The molecule has 5 rings (SSSR count). The number of carboxylic acids is 2. The quantitative estimate of drug-likeness (QED) is 0.389. The molecule has 32 heavy (non-hydrogen) atoms. The molecule has 0 amide bonds. The summed E-state index contributed by atoms with van der Waals surface area (Å²) in [6.07, 6.45) is 0.822. The van der Waals surface area contributed by atoms with Crippen molar-refractivity contribution >= 4 is 39.4 Å². The zero-order valence-corrected chi connectivity index (χ0v) is 18.0. The smallest absolute Gasteiger partial charge is 0.339 e. The number of nitrogens with zero attached hydrogens (tertiary/aromatic N) is 1. The highest BCUT2D eigenvalue weighted by Gasteiger charge is 2.56. The largest absolute Gasteiger partial charge is 0.478 e. The lowest BCUT2D eigenvalue weighted by Gasteiger charge is -2.57. The number of hydrogen-bond acceptors (Lipinski definition) is 4. The molecule has 0 saturated heterocycles. The second kappa shape index (κ2) is 6.51. The van der Waals surface area contributed by atoms with Crippen LogP contribution < -0.4 is 5.32 Å². The number of rotatable bonds is 4. The number of carboxylic acid groups (broad SMARTS) is 2. The van der Waals surface area contributed by atoms with Gasteiger partial charge in [0.05, 0.1) is 5.52 Å². The first-order valence-electron chi connectivity index (χ1n) is 10.7. The summed E-state index contributed by atoms with van der Waals surface area (Å²) in [6, 6.07) is 5.63. The summed E-state index contributed by atoms with van der Waals surface area (Å²) in [5.41, 5.74) is 0.885. The molecule has 7 heteroatoms. The van der Waals surface area contributed by atoms with Gasteiger partial charge in [-0.2, -0.15) is 0 Å². The summed E-state index contributed by atoms with van der Waals surface area (Å²) >= 11 is 0. The van der Waals surface area contributed by atoms with Crippen LogP contribution in [0.15, 0.2) is 30.4 Å². The maximum absolute atomic E-state index is 15.4. The molecular formula is C25H23FN2O4. The zero-order valence-electron chi connectivity index (χ0n) is 18.0. The van der Waals surface area contributed by atoms with E-state index in [9.17, 15) is 19.8 Å². The van der Waals surface area contributed by atoms with Crippen LogP contribution in [-0.2, 0) is 11.8 Å². The van der Waals surface area contributed by atoms with Crippen LogP contribution in [0, 0.1) is 11.7 Å². The summed E-state index contributed by atoms with van der Waals surface area (Å²) in [5.74, 6) is -3.45. The van der Waals surface area contributed by atoms with Crippen molar-refractivity contribution in [2.24, 2.45) is 5.92 Å². The van der Waals surface area contributed by atoms with Crippen LogP contribution >= 0.6 is 0 Å². The maximum atomic E-state index is 15.4. The molecular weight excluding hydrogens is 411 g/mol. The summed E-state index contributed by atoms with van der Waals surface area (Å²) in [7, 11) is 0. The van der Waals surface area contributed by atoms with E-state index >= 15 is 4.39 Å². The first kappa shape index (κ1) is 20.4. The van der Waals surface area contributed by atoms with Gasteiger partial charge < -0.3 is 15.5 Å². The molecule has 3 N–H and O–H groups in total. The Kier molecular flexibility index (Phi) is 4.16. The molecule has 0 bridgehead atoms. The van der Waals surface area contributed by atoms with Gasteiger partial charge in [-0.3, -0.25) is 0 Å². The predicted molar refractivity (Wildman–Crippen MR) is 120 cm³/mol. The van der Waals surface area contributed by atoms with Gasteiger partial charge in [0, 0.05) is 22.2 Å². The SMILES string of the molecule is C=C1[C@@H](C)[C@H]2Nc3nc4c(CCC)c(C(=O)O)c(F)c(C(=O)O)c4c4cccc(c34)C12C. The van der Waals surface area contributed by atoms with Gasteiger partial charge in [-0.15, -0.1) is 0 Å². The standard InChI is InChI=1S/C25H23FN2O4/c1-5-7-13-17(23(29)30)19(26)18(24(31)32)16-12-8-6-9-14-15(12)22(27-20(13)16)28-21-10(2)11(3)25(14,21)4/h6,8-10,21H,3,5,7H2,1-2,4H3,(H,27,28)(H,29,30)(H,31,32)/t10-,21-,25?/m1/s1. The summed E-state index contributed by atoms with van der Waals surface area (Å²) in [6.45, 7) is 10.3. The van der Waals surface area contributed by atoms with Gasteiger partial charge in [0.15, 0.2) is 5.82 Å². The van der Waals surface area contributed by atoms with Crippen molar-refractivity contribution < 1.29 is 24.2 Å². The average molecular weight is 434 g/mol. The molecule has 0 spiro atoms. The minimum atomic E-state index is -1.52. The third-order valence-corrected chi connectivity index (χ3v) is 7.43. The number of nitrogens with one attached hydrogen (secondary N) is 1. The molecule has 164 valence electrons. The fourth-order valence-electron chi connectivity index (χ4n) is 5.81. The lowest BCUT2D eigenvalue weighted by Crippen LogP contribution is -2.60. The molecule has 1 aromatic heterocycles. The highest BCUT2D eigenvalue weighted by molar-refractivity contribution is 6.21. The molecule has 1 aliphatic heterocycles. The van der Waals surface area contributed by atoms with Crippen LogP contribution in [0.25, 0.3) is 21.7 Å². The number of pyridine rings is 1. The molecule has 1 fully saturated rings. The Bertz CT molecular complexity index is 1400.